The predicted molar refractivity (Wildman–Crippen MR) is 76.2 cm³/mol. The third-order valence-corrected chi connectivity index (χ3v) is 4.75. The summed E-state index contributed by atoms with van der Waals surface area (Å²) < 4.78 is 0. The summed E-state index contributed by atoms with van der Waals surface area (Å²) in [6.07, 6.45) is 5.35. The van der Waals surface area contributed by atoms with Gasteiger partial charge in [0.05, 0.1) is 0 Å². The third kappa shape index (κ3) is 3.42. The summed E-state index contributed by atoms with van der Waals surface area (Å²) in [5.41, 5.74) is 6.30. The molecule has 1 aromatic carbocycles. The average molecular weight is 264 g/mol. The largest absolute Gasteiger partial charge is 0.409 e. The number of rotatable bonds is 3. The lowest BCUT2D eigenvalue weighted by Crippen LogP contribution is -2.15. The summed E-state index contributed by atoms with van der Waals surface area (Å²) in [5.74, 6) is 1.02. The van der Waals surface area contributed by atoms with E-state index in [2.05, 4.69) is 24.2 Å². The van der Waals surface area contributed by atoms with Gasteiger partial charge in [-0.2, -0.15) is 0 Å². The van der Waals surface area contributed by atoms with E-state index in [1.807, 2.05) is 23.9 Å². The van der Waals surface area contributed by atoms with Crippen molar-refractivity contribution in [3.8, 4) is 0 Å². The summed E-state index contributed by atoms with van der Waals surface area (Å²) in [7, 11) is 0. The van der Waals surface area contributed by atoms with Crippen molar-refractivity contribution in [1.29, 1.82) is 0 Å². The van der Waals surface area contributed by atoms with E-state index in [1.54, 1.807) is 0 Å². The van der Waals surface area contributed by atoms with Crippen molar-refractivity contribution in [3.05, 3.63) is 29.8 Å². The highest BCUT2D eigenvalue weighted by Crippen LogP contribution is 2.35. The average Bonchev–Trinajstić information content (AvgIpc) is 2.39. The van der Waals surface area contributed by atoms with Crippen molar-refractivity contribution in [3.63, 3.8) is 0 Å². The summed E-state index contributed by atoms with van der Waals surface area (Å²) in [6.45, 7) is 2.34. The van der Waals surface area contributed by atoms with Crippen LogP contribution < -0.4 is 5.73 Å². The SMILES string of the molecule is CC1CCCC(Sc2ccc(C(N)=NO)cc2)C1. The Morgan fingerprint density at radius 2 is 2.06 bits per heavy atom. The molecule has 0 aliphatic heterocycles. The first-order valence-electron chi connectivity index (χ1n) is 6.43. The van der Waals surface area contributed by atoms with Crippen LogP contribution in [0.2, 0.25) is 0 Å². The number of hydrogen-bond donors (Lipinski definition) is 2. The number of benzene rings is 1. The second-order valence-electron chi connectivity index (χ2n) is 5.02. The maximum Gasteiger partial charge on any atom is 0.170 e. The van der Waals surface area contributed by atoms with Gasteiger partial charge in [0, 0.05) is 15.7 Å². The van der Waals surface area contributed by atoms with E-state index in [4.69, 9.17) is 10.9 Å². The van der Waals surface area contributed by atoms with E-state index in [-0.39, 0.29) is 5.84 Å². The van der Waals surface area contributed by atoms with Gasteiger partial charge in [0.25, 0.3) is 0 Å². The number of nitrogens with zero attached hydrogens (tertiary/aromatic N) is 1. The zero-order valence-corrected chi connectivity index (χ0v) is 11.5. The molecule has 0 aromatic heterocycles. The molecule has 3 nitrogen and oxygen atoms in total. The topological polar surface area (TPSA) is 58.6 Å². The fourth-order valence-corrected chi connectivity index (χ4v) is 3.83. The van der Waals surface area contributed by atoms with Crippen molar-refractivity contribution in [1.82, 2.24) is 0 Å². The molecule has 0 bridgehead atoms. The van der Waals surface area contributed by atoms with Gasteiger partial charge in [0.15, 0.2) is 5.84 Å². The zero-order chi connectivity index (χ0) is 13.0. The Kier molecular flexibility index (Phi) is 4.53. The van der Waals surface area contributed by atoms with E-state index in [0.717, 1.165) is 16.7 Å². The number of oxime groups is 1. The summed E-state index contributed by atoms with van der Waals surface area (Å²) >= 11 is 1.95. The summed E-state index contributed by atoms with van der Waals surface area (Å²) in [5, 5.41) is 12.3. The highest BCUT2D eigenvalue weighted by Gasteiger charge is 2.19. The van der Waals surface area contributed by atoms with Crippen molar-refractivity contribution in [2.75, 3.05) is 0 Å². The molecule has 0 heterocycles. The van der Waals surface area contributed by atoms with Gasteiger partial charge >= 0.3 is 0 Å². The normalized spacial score (nSPS) is 25.1. The highest BCUT2D eigenvalue weighted by molar-refractivity contribution is 8.00. The van der Waals surface area contributed by atoms with Crippen molar-refractivity contribution in [2.24, 2.45) is 16.8 Å². The van der Waals surface area contributed by atoms with Gasteiger partial charge in [-0.15, -0.1) is 11.8 Å². The van der Waals surface area contributed by atoms with Gasteiger partial charge < -0.3 is 10.9 Å². The fourth-order valence-electron chi connectivity index (χ4n) is 2.44. The third-order valence-electron chi connectivity index (χ3n) is 3.45. The number of amidine groups is 1. The molecule has 1 aliphatic carbocycles. The second-order valence-corrected chi connectivity index (χ2v) is 6.40. The van der Waals surface area contributed by atoms with E-state index >= 15 is 0 Å². The van der Waals surface area contributed by atoms with Crippen LogP contribution in [0.1, 0.15) is 38.2 Å². The first-order valence-corrected chi connectivity index (χ1v) is 7.31. The molecule has 2 atom stereocenters. The van der Waals surface area contributed by atoms with E-state index < -0.39 is 0 Å². The van der Waals surface area contributed by atoms with Gasteiger partial charge in [0.1, 0.15) is 0 Å². The molecular formula is C14H20N2OS. The Hall–Kier alpha value is -1.16. The zero-order valence-electron chi connectivity index (χ0n) is 10.7. The van der Waals surface area contributed by atoms with Gasteiger partial charge in [-0.05, 0) is 30.9 Å². The predicted octanol–water partition coefficient (Wildman–Crippen LogP) is 3.45. The van der Waals surface area contributed by atoms with Crippen LogP contribution in [-0.2, 0) is 0 Å². The van der Waals surface area contributed by atoms with Crippen LogP contribution in [-0.4, -0.2) is 16.3 Å². The van der Waals surface area contributed by atoms with E-state index in [1.165, 1.54) is 30.6 Å². The Labute approximate surface area is 112 Å². The highest BCUT2D eigenvalue weighted by atomic mass is 32.2. The first-order chi connectivity index (χ1) is 8.69. The van der Waals surface area contributed by atoms with Gasteiger partial charge in [0.2, 0.25) is 0 Å². The molecule has 2 unspecified atom stereocenters. The lowest BCUT2D eigenvalue weighted by molar-refractivity contribution is 0.318. The minimum Gasteiger partial charge on any atom is -0.409 e. The number of nitrogens with two attached hydrogens (primary N) is 1. The molecule has 3 N–H and O–H groups in total. The van der Waals surface area contributed by atoms with Gasteiger partial charge in [-0.25, -0.2) is 0 Å². The second kappa shape index (κ2) is 6.14. The van der Waals surface area contributed by atoms with Crippen molar-refractivity contribution < 1.29 is 5.21 Å². The minimum atomic E-state index is 0.165. The molecule has 1 aromatic rings. The molecule has 98 valence electrons. The maximum atomic E-state index is 8.61. The molecule has 0 amide bonds. The van der Waals surface area contributed by atoms with Crippen LogP contribution in [0.4, 0.5) is 0 Å². The molecule has 2 rings (SSSR count). The quantitative estimate of drug-likeness (QED) is 0.380. The van der Waals surface area contributed by atoms with E-state index in [0.29, 0.717) is 0 Å². The van der Waals surface area contributed by atoms with Crippen LogP contribution in [0.5, 0.6) is 0 Å². The molecule has 4 heteroatoms. The lowest BCUT2D eigenvalue weighted by Gasteiger charge is -2.26. The number of hydrogen-bond acceptors (Lipinski definition) is 3. The monoisotopic (exact) mass is 264 g/mol. The van der Waals surface area contributed by atoms with Crippen LogP contribution in [0.15, 0.2) is 34.3 Å². The van der Waals surface area contributed by atoms with Crippen LogP contribution in [0.25, 0.3) is 0 Å². The minimum absolute atomic E-state index is 0.165. The number of thioether (sulfide) groups is 1. The first kappa shape index (κ1) is 13.3. The Morgan fingerprint density at radius 3 is 2.67 bits per heavy atom. The van der Waals surface area contributed by atoms with Crippen LogP contribution in [0.3, 0.4) is 0 Å². The molecule has 1 saturated carbocycles. The fraction of sp³-hybridized carbons (Fsp3) is 0.500. The van der Waals surface area contributed by atoms with E-state index in [9.17, 15) is 0 Å². The van der Waals surface area contributed by atoms with Crippen LogP contribution >= 0.6 is 11.8 Å². The van der Waals surface area contributed by atoms with Gasteiger partial charge in [-0.1, -0.05) is 37.1 Å². The molecule has 0 spiro atoms. The molecular weight excluding hydrogens is 244 g/mol. The standard InChI is InChI=1S/C14H20N2OS/c1-10-3-2-4-13(9-10)18-12-7-5-11(6-8-12)14(15)16-17/h5-8,10,13,17H,2-4,9H2,1H3,(H2,15,16). The van der Waals surface area contributed by atoms with Gasteiger partial charge in [-0.3, -0.25) is 0 Å². The summed E-state index contributed by atoms with van der Waals surface area (Å²) in [4.78, 5) is 1.27. The van der Waals surface area contributed by atoms with Crippen molar-refractivity contribution in [2.45, 2.75) is 42.8 Å². The molecule has 18 heavy (non-hydrogen) atoms. The molecule has 0 radical (unpaired) electrons. The molecule has 1 fully saturated rings. The van der Waals surface area contributed by atoms with Crippen LogP contribution in [0, 0.1) is 5.92 Å². The Balaban J connectivity index is 1.97. The maximum absolute atomic E-state index is 8.61. The smallest absolute Gasteiger partial charge is 0.170 e. The summed E-state index contributed by atoms with van der Waals surface area (Å²) in [6, 6.07) is 7.92. The molecule has 0 saturated heterocycles. The van der Waals surface area contributed by atoms with Crippen molar-refractivity contribution >= 4 is 17.6 Å². The Bertz CT molecular complexity index is 416. The lowest BCUT2D eigenvalue weighted by atomic mass is 9.91. The molecule has 1 aliphatic rings. The Morgan fingerprint density at radius 1 is 1.33 bits per heavy atom.